The van der Waals surface area contributed by atoms with Gasteiger partial charge in [0.25, 0.3) is 0 Å². The number of esters is 1. The number of halogens is 6. The number of nitrogens with zero attached hydrogens (tertiary/aromatic N) is 7. The lowest BCUT2D eigenvalue weighted by Gasteiger charge is -2.34. The van der Waals surface area contributed by atoms with E-state index in [1.165, 1.54) is 45.4 Å². The minimum Gasteiger partial charge on any atom is -0.497 e. The summed E-state index contributed by atoms with van der Waals surface area (Å²) in [6.07, 6.45) is -4.44. The molecule has 4 heterocycles. The lowest BCUT2D eigenvalue weighted by molar-refractivity contribution is -0.156. The standard InChI is InChI=1S/C50H51Cl2F4N7O7/c1-27-24-33(62(25-28-13-17-30(66-9)18-14-28)26-29-15-19-31(67-10)20-16-29)58-39(36(27)50(54,55)56)34-37(51)42-35-40(38(34)53)59-46(52)60-44(35)63(22-23-68-42)41(45(64)69-48(2,3)4)32-12-11-21-57-43(32)61(8)47(65)70-49(5,6)7/h11-21,24,41H,22-23,25-26H2,1-10H3/t41-/m0/s1. The zero-order valence-corrected chi connectivity index (χ0v) is 41.6. The van der Waals surface area contributed by atoms with E-state index in [1.807, 2.05) is 24.3 Å². The SMILES string of the molecule is COc1ccc(CN(Cc2ccc(OC)cc2)c2cc(C)c(C(F)(F)F)c(-c3c(Cl)c4c5c(nc(Cl)nc5c3F)N([C@H](C(=O)OC(C)(C)C)c3cccnc3N(C)C(=O)OC(C)(C)C)CCO4)n2)cc1. The summed E-state index contributed by atoms with van der Waals surface area (Å²) in [5.74, 6) is -1.38. The van der Waals surface area contributed by atoms with Crippen LogP contribution in [0, 0.1) is 12.7 Å². The molecule has 0 radical (unpaired) electrons. The zero-order chi connectivity index (χ0) is 51.0. The number of carbonyl (C=O) groups is 2. The fourth-order valence-electron chi connectivity index (χ4n) is 7.96. The number of hydrogen-bond donors (Lipinski definition) is 0. The van der Waals surface area contributed by atoms with Crippen LogP contribution in [0.2, 0.25) is 10.3 Å². The monoisotopic (exact) mass is 1010 g/mol. The summed E-state index contributed by atoms with van der Waals surface area (Å²) in [7, 11) is 4.48. The summed E-state index contributed by atoms with van der Waals surface area (Å²) >= 11 is 13.8. The van der Waals surface area contributed by atoms with Gasteiger partial charge >= 0.3 is 18.2 Å². The molecule has 0 fully saturated rings. The number of hydrogen-bond acceptors (Lipinski definition) is 13. The molecule has 0 spiro atoms. The van der Waals surface area contributed by atoms with Crippen molar-refractivity contribution in [2.45, 2.75) is 85.0 Å². The second-order valence-electron chi connectivity index (χ2n) is 18.4. The molecule has 3 aromatic heterocycles. The number of amides is 1. The molecule has 3 aromatic carbocycles. The minimum absolute atomic E-state index is 0.00277. The van der Waals surface area contributed by atoms with Gasteiger partial charge in [-0.1, -0.05) is 41.9 Å². The molecule has 0 N–H and O–H groups in total. The molecule has 370 valence electrons. The molecule has 1 atom stereocenters. The van der Waals surface area contributed by atoms with Crippen molar-refractivity contribution < 1.29 is 50.8 Å². The first kappa shape index (κ1) is 51.2. The third-order valence-electron chi connectivity index (χ3n) is 10.9. The molecule has 0 saturated carbocycles. The summed E-state index contributed by atoms with van der Waals surface area (Å²) in [6.45, 7) is 11.1. The molecule has 70 heavy (non-hydrogen) atoms. The highest BCUT2D eigenvalue weighted by atomic mass is 35.5. The quantitative estimate of drug-likeness (QED) is 0.0653. The highest BCUT2D eigenvalue weighted by Gasteiger charge is 2.43. The average molecular weight is 1010 g/mol. The number of aromatic nitrogens is 4. The Labute approximate surface area is 412 Å². The Hall–Kier alpha value is -6.66. The highest BCUT2D eigenvalue weighted by Crippen LogP contribution is 2.51. The molecule has 0 bridgehead atoms. The second kappa shape index (κ2) is 20.0. The third-order valence-corrected chi connectivity index (χ3v) is 11.5. The number of aryl methyl sites for hydroxylation is 1. The van der Waals surface area contributed by atoms with E-state index in [4.69, 9.17) is 46.9 Å². The van der Waals surface area contributed by atoms with E-state index in [0.29, 0.717) is 11.5 Å². The molecule has 1 amide bonds. The van der Waals surface area contributed by atoms with Gasteiger partial charge in [-0.15, -0.1) is 0 Å². The molecule has 0 aliphatic carbocycles. The molecule has 0 saturated heterocycles. The van der Waals surface area contributed by atoms with E-state index in [-0.39, 0.29) is 66.0 Å². The molecule has 7 rings (SSSR count). The molecule has 14 nitrogen and oxygen atoms in total. The number of benzene rings is 3. The Morgan fingerprint density at radius 2 is 1.44 bits per heavy atom. The predicted molar refractivity (Wildman–Crippen MR) is 259 cm³/mol. The smallest absolute Gasteiger partial charge is 0.418 e. The molecular formula is C50H51Cl2F4N7O7. The summed E-state index contributed by atoms with van der Waals surface area (Å²) in [5.41, 5.74) is -3.99. The Kier molecular flexibility index (Phi) is 14.6. The molecule has 1 aliphatic rings. The molecule has 6 aromatic rings. The van der Waals surface area contributed by atoms with Crippen LogP contribution >= 0.6 is 23.2 Å². The van der Waals surface area contributed by atoms with E-state index in [1.54, 1.807) is 82.8 Å². The number of carbonyl (C=O) groups excluding carboxylic acids is 2. The van der Waals surface area contributed by atoms with Crippen LogP contribution < -0.4 is 28.9 Å². The third kappa shape index (κ3) is 11.0. The van der Waals surface area contributed by atoms with Crippen molar-refractivity contribution in [1.82, 2.24) is 19.9 Å². The summed E-state index contributed by atoms with van der Waals surface area (Å²) in [6, 6.07) is 17.2. The first-order valence-corrected chi connectivity index (χ1v) is 22.7. The Balaban J connectivity index is 1.45. The Morgan fingerprint density at radius 1 is 0.857 bits per heavy atom. The van der Waals surface area contributed by atoms with Crippen LogP contribution in [0.3, 0.4) is 0 Å². The van der Waals surface area contributed by atoms with Crippen molar-refractivity contribution in [3.63, 3.8) is 0 Å². The van der Waals surface area contributed by atoms with Gasteiger partial charge in [-0.25, -0.2) is 28.9 Å². The lowest BCUT2D eigenvalue weighted by Crippen LogP contribution is -2.42. The van der Waals surface area contributed by atoms with Gasteiger partial charge in [0.1, 0.15) is 52.3 Å². The second-order valence-corrected chi connectivity index (χ2v) is 19.1. The first-order valence-electron chi connectivity index (χ1n) is 21.9. The molecule has 0 unspecified atom stereocenters. The van der Waals surface area contributed by atoms with Gasteiger partial charge in [0, 0.05) is 31.9 Å². The molecule has 1 aliphatic heterocycles. The van der Waals surface area contributed by atoms with Gasteiger partial charge in [-0.3, -0.25) is 4.90 Å². The maximum atomic E-state index is 17.8. The fourth-order valence-corrected chi connectivity index (χ4v) is 8.45. The normalized spacial score (nSPS) is 13.3. The van der Waals surface area contributed by atoms with Gasteiger partial charge < -0.3 is 33.5 Å². The van der Waals surface area contributed by atoms with Crippen LogP contribution in [0.4, 0.5) is 39.8 Å². The number of pyridine rings is 2. The summed E-state index contributed by atoms with van der Waals surface area (Å²) in [5, 5.41) is -1.33. The number of anilines is 3. The van der Waals surface area contributed by atoms with Gasteiger partial charge in [0.05, 0.1) is 48.0 Å². The van der Waals surface area contributed by atoms with Crippen molar-refractivity contribution in [3.8, 4) is 28.5 Å². The van der Waals surface area contributed by atoms with Crippen molar-refractivity contribution >= 4 is 63.6 Å². The summed E-state index contributed by atoms with van der Waals surface area (Å²) in [4.78, 5) is 50.1. The average Bonchev–Trinajstić information content (AvgIpc) is 3.46. The first-order chi connectivity index (χ1) is 32.9. The Morgan fingerprint density at radius 3 is 1.99 bits per heavy atom. The lowest BCUT2D eigenvalue weighted by atomic mass is 9.97. The van der Waals surface area contributed by atoms with Crippen molar-refractivity contribution in [1.29, 1.82) is 0 Å². The maximum absolute atomic E-state index is 17.8. The minimum atomic E-state index is -5.07. The highest BCUT2D eigenvalue weighted by molar-refractivity contribution is 6.37. The summed E-state index contributed by atoms with van der Waals surface area (Å²) < 4.78 is 92.6. The van der Waals surface area contributed by atoms with Crippen LogP contribution in [-0.2, 0) is 33.5 Å². The number of ether oxygens (including phenoxy) is 5. The van der Waals surface area contributed by atoms with Crippen LogP contribution in [0.5, 0.6) is 17.2 Å². The van der Waals surface area contributed by atoms with E-state index in [2.05, 4.69) is 19.9 Å². The zero-order valence-electron chi connectivity index (χ0n) is 40.1. The van der Waals surface area contributed by atoms with Crippen LogP contribution in [0.15, 0.2) is 72.9 Å². The molecular weight excluding hydrogens is 957 g/mol. The largest absolute Gasteiger partial charge is 0.497 e. The van der Waals surface area contributed by atoms with E-state index < -0.39 is 73.9 Å². The number of rotatable bonds is 12. The van der Waals surface area contributed by atoms with Gasteiger partial charge in [0.15, 0.2) is 17.6 Å². The predicted octanol–water partition coefficient (Wildman–Crippen LogP) is 11.7. The van der Waals surface area contributed by atoms with Gasteiger partial charge in [-0.05, 0) is 113 Å². The van der Waals surface area contributed by atoms with Gasteiger partial charge in [0.2, 0.25) is 5.28 Å². The van der Waals surface area contributed by atoms with Crippen molar-refractivity contribution in [3.05, 3.63) is 117 Å². The van der Waals surface area contributed by atoms with Crippen LogP contribution in [0.25, 0.3) is 22.2 Å². The van der Waals surface area contributed by atoms with Crippen molar-refractivity contribution in [2.24, 2.45) is 0 Å². The Bertz CT molecular complexity index is 2880. The topological polar surface area (TPSA) is 142 Å². The fraction of sp³-hybridized carbons (Fsp3) is 0.360. The van der Waals surface area contributed by atoms with E-state index in [0.717, 1.165) is 16.0 Å². The molecule has 20 heteroatoms. The van der Waals surface area contributed by atoms with Gasteiger partial charge in [-0.2, -0.15) is 18.2 Å². The van der Waals surface area contributed by atoms with E-state index in [9.17, 15) is 9.59 Å². The van der Waals surface area contributed by atoms with Crippen LogP contribution in [-0.4, -0.2) is 77.6 Å². The van der Waals surface area contributed by atoms with E-state index >= 15 is 17.6 Å². The van der Waals surface area contributed by atoms with Crippen molar-refractivity contribution in [2.75, 3.05) is 49.1 Å². The number of alkyl halides is 3. The maximum Gasteiger partial charge on any atom is 0.418 e. The number of methoxy groups -OCH3 is 2. The van der Waals surface area contributed by atoms with Crippen LogP contribution in [0.1, 0.15) is 75.4 Å².